The smallest absolute Gasteiger partial charge is 0.287 e. The van der Waals surface area contributed by atoms with Crippen molar-refractivity contribution in [3.05, 3.63) is 0 Å². The van der Waals surface area contributed by atoms with Crippen LogP contribution in [0.3, 0.4) is 0 Å². The van der Waals surface area contributed by atoms with E-state index in [1.54, 1.807) is 0 Å². The zero-order chi connectivity index (χ0) is 10.9. The Morgan fingerprint density at radius 1 is 1.00 bits per heavy atom. The van der Waals surface area contributed by atoms with E-state index in [1.807, 2.05) is 0 Å². The maximum Gasteiger partial charge on any atom is 0.428 e. The van der Waals surface area contributed by atoms with Crippen LogP contribution in [0.4, 0.5) is 30.7 Å². The first kappa shape index (κ1) is 12.8. The summed E-state index contributed by atoms with van der Waals surface area (Å²) in [5.41, 5.74) is -3.46. The monoisotopic (exact) mass is 234 g/mol. The van der Waals surface area contributed by atoms with Crippen LogP contribution in [0.5, 0.6) is 0 Å². The highest BCUT2D eigenvalue weighted by Gasteiger charge is 2.51. The predicted octanol–water partition coefficient (Wildman–Crippen LogP) is 2.99. The van der Waals surface area contributed by atoms with Gasteiger partial charge in [-0.15, -0.1) is 0 Å². The molecule has 0 saturated heterocycles. The summed E-state index contributed by atoms with van der Waals surface area (Å²) in [7, 11) is 0. The predicted molar refractivity (Wildman–Crippen MR) is 27.7 cm³/mol. The van der Waals surface area contributed by atoms with E-state index in [0.29, 0.717) is 0 Å². The number of hydrogen-bond acceptors (Lipinski definition) is 1. The molecule has 0 aliphatic heterocycles. The fourth-order valence-corrected chi connectivity index (χ4v) is 0.375. The van der Waals surface area contributed by atoms with E-state index >= 15 is 0 Å². The Morgan fingerprint density at radius 2 is 1.38 bits per heavy atom. The first-order valence-corrected chi connectivity index (χ1v) is 3.05. The summed E-state index contributed by atoms with van der Waals surface area (Å²) in [6, 6.07) is 0. The SMILES string of the molecule is FC(F)C(F)(F)OC(Cl)C(F)(F)F. The van der Waals surface area contributed by atoms with Gasteiger partial charge in [0.15, 0.2) is 0 Å². The Labute approximate surface area is 72.4 Å². The fraction of sp³-hybridized carbons (Fsp3) is 1.00. The van der Waals surface area contributed by atoms with Crippen molar-refractivity contribution in [3.8, 4) is 0 Å². The number of halogens is 8. The first-order chi connectivity index (χ1) is 5.57. The molecular weight excluding hydrogens is 232 g/mol. The summed E-state index contributed by atoms with van der Waals surface area (Å²) in [4.78, 5) is 0. The highest BCUT2D eigenvalue weighted by atomic mass is 35.5. The zero-order valence-electron chi connectivity index (χ0n) is 5.59. The second-order valence-corrected chi connectivity index (χ2v) is 2.23. The quantitative estimate of drug-likeness (QED) is 0.539. The van der Waals surface area contributed by atoms with Crippen LogP contribution >= 0.6 is 11.6 Å². The minimum atomic E-state index is -5.32. The second kappa shape index (κ2) is 3.87. The largest absolute Gasteiger partial charge is 0.428 e. The molecule has 0 rings (SSSR count). The molecule has 13 heavy (non-hydrogen) atoms. The number of hydrogen-bond donors (Lipinski definition) is 0. The first-order valence-electron chi connectivity index (χ1n) is 2.62. The van der Waals surface area contributed by atoms with Crippen LogP contribution in [0.2, 0.25) is 0 Å². The van der Waals surface area contributed by atoms with E-state index < -0.39 is 24.3 Å². The Kier molecular flexibility index (Phi) is 3.80. The summed E-state index contributed by atoms with van der Waals surface area (Å²) in [5.74, 6) is 0. The fourth-order valence-electron chi connectivity index (χ4n) is 0.256. The molecule has 0 fully saturated rings. The number of ether oxygens (including phenoxy) is 1. The lowest BCUT2D eigenvalue weighted by atomic mass is 10.6. The van der Waals surface area contributed by atoms with Gasteiger partial charge in [0.05, 0.1) is 0 Å². The van der Waals surface area contributed by atoms with Crippen molar-refractivity contribution in [3.63, 3.8) is 0 Å². The van der Waals surface area contributed by atoms with Crippen LogP contribution in [-0.4, -0.2) is 24.3 Å². The van der Waals surface area contributed by atoms with Gasteiger partial charge in [-0.05, 0) is 0 Å². The van der Waals surface area contributed by atoms with Crippen LogP contribution in [0.15, 0.2) is 0 Å². The Bertz CT molecular complexity index is 166. The molecule has 80 valence electrons. The van der Waals surface area contributed by atoms with E-state index in [2.05, 4.69) is 16.3 Å². The summed E-state index contributed by atoms with van der Waals surface area (Å²) in [5, 5.41) is 0. The van der Waals surface area contributed by atoms with Crippen molar-refractivity contribution in [1.82, 2.24) is 0 Å². The summed E-state index contributed by atoms with van der Waals surface area (Å²) < 4.78 is 82.9. The molecule has 0 aliphatic carbocycles. The van der Waals surface area contributed by atoms with Gasteiger partial charge in [-0.2, -0.15) is 22.0 Å². The van der Waals surface area contributed by atoms with E-state index in [-0.39, 0.29) is 0 Å². The van der Waals surface area contributed by atoms with Crippen molar-refractivity contribution in [2.45, 2.75) is 24.3 Å². The maximum absolute atomic E-state index is 11.8. The van der Waals surface area contributed by atoms with Crippen molar-refractivity contribution in [2.24, 2.45) is 0 Å². The van der Waals surface area contributed by atoms with Gasteiger partial charge < -0.3 is 0 Å². The van der Waals surface area contributed by atoms with Gasteiger partial charge in [0.2, 0.25) is 5.56 Å². The number of rotatable bonds is 3. The maximum atomic E-state index is 11.8. The van der Waals surface area contributed by atoms with E-state index in [4.69, 9.17) is 0 Å². The van der Waals surface area contributed by atoms with Crippen LogP contribution in [0, 0.1) is 0 Å². The van der Waals surface area contributed by atoms with Gasteiger partial charge in [-0.25, -0.2) is 8.78 Å². The molecule has 1 nitrogen and oxygen atoms in total. The van der Waals surface area contributed by atoms with Crippen LogP contribution in [0.25, 0.3) is 0 Å². The lowest BCUT2D eigenvalue weighted by molar-refractivity contribution is -0.341. The van der Waals surface area contributed by atoms with Gasteiger partial charge in [0.1, 0.15) is 0 Å². The Balaban J connectivity index is 4.28. The van der Waals surface area contributed by atoms with E-state index in [1.165, 1.54) is 0 Å². The van der Waals surface area contributed by atoms with Crippen LogP contribution < -0.4 is 0 Å². The summed E-state index contributed by atoms with van der Waals surface area (Å²) >= 11 is 4.22. The normalized spacial score (nSPS) is 16.4. The third-order valence-electron chi connectivity index (χ3n) is 0.772. The zero-order valence-corrected chi connectivity index (χ0v) is 6.34. The summed E-state index contributed by atoms with van der Waals surface area (Å²) in [6.45, 7) is 0. The average Bonchev–Trinajstić information content (AvgIpc) is 1.83. The van der Waals surface area contributed by atoms with Gasteiger partial charge in [-0.3, -0.25) is 4.74 Å². The molecule has 1 unspecified atom stereocenters. The van der Waals surface area contributed by atoms with Crippen molar-refractivity contribution >= 4 is 11.6 Å². The molecular formula is C4H2ClF7O. The standard InChI is InChI=1S/C4H2ClF7O/c5-1(3(8,9)10)13-4(11,12)2(6)7/h1-2H. The minimum absolute atomic E-state index is 2.62. The van der Waals surface area contributed by atoms with Gasteiger partial charge in [-0.1, -0.05) is 11.6 Å². The molecule has 0 spiro atoms. The average molecular weight is 234 g/mol. The van der Waals surface area contributed by atoms with Gasteiger partial charge >= 0.3 is 18.7 Å². The molecule has 0 aromatic rings. The molecule has 0 aromatic heterocycles. The third kappa shape index (κ3) is 3.99. The molecule has 9 heteroatoms. The molecule has 0 radical (unpaired) electrons. The van der Waals surface area contributed by atoms with Crippen molar-refractivity contribution < 1.29 is 35.5 Å². The molecule has 0 amide bonds. The molecule has 0 saturated carbocycles. The number of alkyl halides is 8. The molecule has 0 N–H and O–H groups in total. The Hall–Kier alpha value is -0.240. The third-order valence-corrected chi connectivity index (χ3v) is 1.11. The molecule has 0 aliphatic rings. The highest BCUT2D eigenvalue weighted by Crippen LogP contribution is 2.33. The molecule has 0 bridgehead atoms. The molecule has 0 aromatic carbocycles. The topological polar surface area (TPSA) is 9.23 Å². The van der Waals surface area contributed by atoms with E-state index in [9.17, 15) is 30.7 Å². The van der Waals surface area contributed by atoms with E-state index in [0.717, 1.165) is 0 Å². The molecule has 1 atom stereocenters. The van der Waals surface area contributed by atoms with Crippen LogP contribution in [0.1, 0.15) is 0 Å². The van der Waals surface area contributed by atoms with Gasteiger partial charge in [0.25, 0.3) is 0 Å². The van der Waals surface area contributed by atoms with Crippen molar-refractivity contribution in [1.29, 1.82) is 0 Å². The van der Waals surface area contributed by atoms with Gasteiger partial charge in [0, 0.05) is 0 Å². The van der Waals surface area contributed by atoms with Crippen LogP contribution in [-0.2, 0) is 4.74 Å². The minimum Gasteiger partial charge on any atom is -0.287 e. The Morgan fingerprint density at radius 3 is 1.62 bits per heavy atom. The summed E-state index contributed by atoms with van der Waals surface area (Å²) in [6.07, 6.45) is -14.9. The second-order valence-electron chi connectivity index (χ2n) is 1.84. The molecule has 0 heterocycles. The van der Waals surface area contributed by atoms with Crippen molar-refractivity contribution in [2.75, 3.05) is 0 Å². The lowest BCUT2D eigenvalue weighted by Crippen LogP contribution is -2.38. The lowest BCUT2D eigenvalue weighted by Gasteiger charge is -2.20. The highest BCUT2D eigenvalue weighted by molar-refractivity contribution is 6.20.